The van der Waals surface area contributed by atoms with Crippen molar-refractivity contribution in [1.29, 1.82) is 0 Å². The van der Waals surface area contributed by atoms with Gasteiger partial charge < -0.3 is 10.1 Å². The summed E-state index contributed by atoms with van der Waals surface area (Å²) in [6.45, 7) is 0.422. The summed E-state index contributed by atoms with van der Waals surface area (Å²) in [7, 11) is -3.66. The van der Waals surface area contributed by atoms with Crippen LogP contribution >= 0.6 is 11.6 Å². The number of para-hydroxylation sites is 1. The highest BCUT2D eigenvalue weighted by atomic mass is 35.5. The number of sulfonamides is 1. The van der Waals surface area contributed by atoms with Gasteiger partial charge in [-0.15, -0.1) is 0 Å². The van der Waals surface area contributed by atoms with Gasteiger partial charge in [0.2, 0.25) is 10.0 Å². The molecular formula is C20H21ClN2O5S. The molecule has 0 bridgehead atoms. The number of carbonyl (C=O) groups excluding carboxylic acids is 2. The van der Waals surface area contributed by atoms with Crippen molar-refractivity contribution in [3.8, 4) is 0 Å². The van der Waals surface area contributed by atoms with E-state index in [1.54, 1.807) is 24.3 Å². The van der Waals surface area contributed by atoms with Crippen molar-refractivity contribution >= 4 is 39.2 Å². The third kappa shape index (κ3) is 5.35. The smallest absolute Gasteiger partial charge is 0.338 e. The van der Waals surface area contributed by atoms with Gasteiger partial charge in [0.05, 0.1) is 21.2 Å². The van der Waals surface area contributed by atoms with Crippen LogP contribution in [0, 0.1) is 0 Å². The van der Waals surface area contributed by atoms with Crippen LogP contribution in [0.4, 0.5) is 5.69 Å². The van der Waals surface area contributed by atoms with Crippen LogP contribution in [0.1, 0.15) is 29.6 Å². The largest absolute Gasteiger partial charge is 0.452 e. The Bertz CT molecular complexity index is 1000. The predicted octanol–water partition coefficient (Wildman–Crippen LogP) is 3.31. The quantitative estimate of drug-likeness (QED) is 0.701. The summed E-state index contributed by atoms with van der Waals surface area (Å²) in [5, 5.41) is 2.91. The zero-order valence-electron chi connectivity index (χ0n) is 15.6. The first-order valence-electron chi connectivity index (χ1n) is 9.19. The Balaban J connectivity index is 1.63. The van der Waals surface area contributed by atoms with Crippen molar-refractivity contribution in [3.63, 3.8) is 0 Å². The van der Waals surface area contributed by atoms with Crippen LogP contribution in [0.5, 0.6) is 0 Å². The lowest BCUT2D eigenvalue weighted by molar-refractivity contribution is -0.119. The number of ether oxygens (including phenoxy) is 1. The van der Waals surface area contributed by atoms with Crippen LogP contribution in [-0.2, 0) is 19.6 Å². The van der Waals surface area contributed by atoms with Crippen molar-refractivity contribution in [2.45, 2.75) is 24.2 Å². The molecule has 1 saturated heterocycles. The number of nitrogens with zero attached hydrogens (tertiary/aromatic N) is 1. The highest BCUT2D eigenvalue weighted by Crippen LogP contribution is 2.22. The number of halogens is 1. The average Bonchev–Trinajstić information content (AvgIpc) is 2.74. The van der Waals surface area contributed by atoms with E-state index >= 15 is 0 Å². The van der Waals surface area contributed by atoms with E-state index in [1.807, 2.05) is 0 Å². The first-order chi connectivity index (χ1) is 13.9. The SMILES string of the molecule is O=C(COC(=O)c1cccc(S(=O)(=O)N2CCCCC2)c1)Nc1ccccc1Cl. The molecule has 3 rings (SSSR count). The molecule has 154 valence electrons. The molecule has 9 heteroatoms. The van der Waals surface area contributed by atoms with Gasteiger partial charge in [-0.25, -0.2) is 13.2 Å². The highest BCUT2D eigenvalue weighted by Gasteiger charge is 2.26. The van der Waals surface area contributed by atoms with Gasteiger partial charge in [0, 0.05) is 13.1 Å². The van der Waals surface area contributed by atoms with Crippen LogP contribution in [-0.4, -0.2) is 44.3 Å². The summed E-state index contributed by atoms with van der Waals surface area (Å²) >= 11 is 5.97. The summed E-state index contributed by atoms with van der Waals surface area (Å²) in [5.41, 5.74) is 0.471. The molecular weight excluding hydrogens is 416 g/mol. The van der Waals surface area contributed by atoms with Crippen LogP contribution in [0.2, 0.25) is 5.02 Å². The number of hydrogen-bond acceptors (Lipinski definition) is 5. The van der Waals surface area contributed by atoms with Crippen LogP contribution in [0.15, 0.2) is 53.4 Å². The molecule has 1 fully saturated rings. The van der Waals surface area contributed by atoms with Crippen molar-refractivity contribution in [1.82, 2.24) is 4.31 Å². The minimum Gasteiger partial charge on any atom is -0.452 e. The maximum absolute atomic E-state index is 12.8. The van der Waals surface area contributed by atoms with Crippen molar-refractivity contribution in [2.75, 3.05) is 25.0 Å². The van der Waals surface area contributed by atoms with Gasteiger partial charge in [-0.05, 0) is 43.2 Å². The molecule has 2 aromatic carbocycles. The number of carbonyl (C=O) groups is 2. The number of amides is 1. The lowest BCUT2D eigenvalue weighted by Crippen LogP contribution is -2.35. The monoisotopic (exact) mass is 436 g/mol. The Morgan fingerprint density at radius 1 is 1.03 bits per heavy atom. The molecule has 1 aliphatic heterocycles. The molecule has 1 N–H and O–H groups in total. The number of hydrogen-bond donors (Lipinski definition) is 1. The second-order valence-electron chi connectivity index (χ2n) is 6.60. The third-order valence-electron chi connectivity index (χ3n) is 4.50. The Labute approximate surface area is 174 Å². The standard InChI is InChI=1S/C20H21ClN2O5S/c21-17-9-2-3-10-18(17)22-19(24)14-28-20(25)15-7-6-8-16(13-15)29(26,27)23-11-4-1-5-12-23/h2-3,6-10,13H,1,4-5,11-12,14H2,(H,22,24). The molecule has 0 spiro atoms. The van der Waals surface area contributed by atoms with Gasteiger partial charge in [-0.3, -0.25) is 4.79 Å². The molecule has 1 aliphatic rings. The average molecular weight is 437 g/mol. The van der Waals surface area contributed by atoms with Gasteiger partial charge in [0.15, 0.2) is 6.61 Å². The zero-order chi connectivity index (χ0) is 20.9. The first-order valence-corrected chi connectivity index (χ1v) is 11.0. The summed E-state index contributed by atoms with van der Waals surface area (Å²) < 4.78 is 32.0. The number of nitrogens with one attached hydrogen (secondary N) is 1. The van der Waals surface area contributed by atoms with Gasteiger partial charge >= 0.3 is 5.97 Å². The van der Waals surface area contributed by atoms with E-state index in [9.17, 15) is 18.0 Å². The second kappa shape index (κ2) is 9.39. The van der Waals surface area contributed by atoms with Crippen molar-refractivity contribution in [2.24, 2.45) is 0 Å². The molecule has 0 aliphatic carbocycles. The Morgan fingerprint density at radius 2 is 1.76 bits per heavy atom. The molecule has 0 saturated carbocycles. The molecule has 0 atom stereocenters. The van der Waals surface area contributed by atoms with E-state index < -0.39 is 28.5 Å². The Kier molecular flexibility index (Phi) is 6.89. The minimum absolute atomic E-state index is 0.0365. The molecule has 0 radical (unpaired) electrons. The topological polar surface area (TPSA) is 92.8 Å². The normalized spacial score (nSPS) is 14.9. The number of esters is 1. The fraction of sp³-hybridized carbons (Fsp3) is 0.300. The molecule has 0 unspecified atom stereocenters. The molecule has 1 heterocycles. The lowest BCUT2D eigenvalue weighted by Gasteiger charge is -2.25. The van der Waals surface area contributed by atoms with E-state index in [1.165, 1.54) is 28.6 Å². The van der Waals surface area contributed by atoms with Gasteiger partial charge in [0.1, 0.15) is 0 Å². The molecule has 1 amide bonds. The van der Waals surface area contributed by atoms with Crippen molar-refractivity contribution in [3.05, 3.63) is 59.1 Å². The molecule has 29 heavy (non-hydrogen) atoms. The van der Waals surface area contributed by atoms with Gasteiger partial charge in [0.25, 0.3) is 5.91 Å². The van der Waals surface area contributed by atoms with Gasteiger partial charge in [-0.1, -0.05) is 36.2 Å². The third-order valence-corrected chi connectivity index (χ3v) is 6.73. The van der Waals surface area contributed by atoms with E-state index in [2.05, 4.69) is 5.32 Å². The maximum Gasteiger partial charge on any atom is 0.338 e. The molecule has 0 aromatic heterocycles. The summed E-state index contributed by atoms with van der Waals surface area (Å²) in [6, 6.07) is 12.3. The highest BCUT2D eigenvalue weighted by molar-refractivity contribution is 7.89. The van der Waals surface area contributed by atoms with Crippen molar-refractivity contribution < 1.29 is 22.7 Å². The fourth-order valence-corrected chi connectivity index (χ4v) is 4.75. The van der Waals surface area contributed by atoms with E-state index in [0.717, 1.165) is 19.3 Å². The number of anilines is 1. The summed E-state index contributed by atoms with van der Waals surface area (Å²) in [4.78, 5) is 24.3. The number of rotatable bonds is 6. The molecule has 2 aromatic rings. The fourth-order valence-electron chi connectivity index (χ4n) is 3.00. The number of benzene rings is 2. The number of piperidine rings is 1. The maximum atomic E-state index is 12.8. The lowest BCUT2D eigenvalue weighted by atomic mass is 10.2. The predicted molar refractivity (Wildman–Crippen MR) is 109 cm³/mol. The van der Waals surface area contributed by atoms with E-state index in [-0.39, 0.29) is 10.5 Å². The van der Waals surface area contributed by atoms with Crippen LogP contribution < -0.4 is 5.32 Å². The van der Waals surface area contributed by atoms with E-state index in [0.29, 0.717) is 23.8 Å². The Hall–Kier alpha value is -2.42. The van der Waals surface area contributed by atoms with Crippen LogP contribution in [0.25, 0.3) is 0 Å². The van der Waals surface area contributed by atoms with Gasteiger partial charge in [-0.2, -0.15) is 4.31 Å². The molecule has 7 nitrogen and oxygen atoms in total. The van der Waals surface area contributed by atoms with E-state index in [4.69, 9.17) is 16.3 Å². The summed E-state index contributed by atoms with van der Waals surface area (Å²) in [5.74, 6) is -1.33. The second-order valence-corrected chi connectivity index (χ2v) is 8.94. The van der Waals surface area contributed by atoms with Crippen LogP contribution in [0.3, 0.4) is 0 Å². The first kappa shape index (κ1) is 21.3. The Morgan fingerprint density at radius 3 is 2.48 bits per heavy atom. The summed E-state index contributed by atoms with van der Waals surface area (Å²) in [6.07, 6.45) is 2.65. The minimum atomic E-state index is -3.66. The zero-order valence-corrected chi connectivity index (χ0v) is 17.2.